The molecule has 0 aliphatic heterocycles. The Balaban J connectivity index is 2.08. The molecule has 2 heterocycles. The van der Waals surface area contributed by atoms with Crippen LogP contribution in [0.25, 0.3) is 28.0 Å². The summed E-state index contributed by atoms with van der Waals surface area (Å²) >= 11 is 1.53. The molecule has 33 heavy (non-hydrogen) atoms. The number of anilines is 1. The van der Waals surface area contributed by atoms with E-state index in [1.807, 2.05) is 30.5 Å². The first kappa shape index (κ1) is 22.8. The number of aliphatic hydroxyl groups is 2. The Morgan fingerprint density at radius 3 is 2.39 bits per heavy atom. The van der Waals surface area contributed by atoms with Crippen molar-refractivity contribution in [3.8, 4) is 16.9 Å². The fraction of sp³-hybridized carbons (Fsp3) is 0.174. The molecule has 2 aromatic carbocycles. The zero-order chi connectivity index (χ0) is 23.5. The Morgan fingerprint density at radius 2 is 1.73 bits per heavy atom. The number of nitrogens with zero attached hydrogens (tertiary/aromatic N) is 3. The number of para-hydroxylation sites is 1. The minimum Gasteiger partial charge on any atom is -0.394 e. The maximum absolute atomic E-state index is 14.7. The van der Waals surface area contributed by atoms with Crippen LogP contribution in [0.1, 0.15) is 0 Å². The molecule has 0 aliphatic rings. The molecule has 2 aromatic heterocycles. The molecule has 10 heteroatoms. The molecular weight excluding hydrogens is 450 g/mol. The molecule has 0 radical (unpaired) electrons. The normalized spacial score (nSPS) is 11.3. The van der Waals surface area contributed by atoms with E-state index in [1.165, 1.54) is 30.0 Å². The first-order chi connectivity index (χ1) is 16.0. The Morgan fingerprint density at radius 1 is 1.03 bits per heavy atom. The average Bonchev–Trinajstić information content (AvgIpc) is 2.83. The summed E-state index contributed by atoms with van der Waals surface area (Å²) in [4.78, 5) is 22.6. The SMILES string of the molecule is CSc1cccc(-c2nc(NC(CO)CO)nc3c2ccc(=O)n3-c2c(F)cccc2F)c1. The fourth-order valence-electron chi connectivity index (χ4n) is 3.42. The van der Waals surface area contributed by atoms with E-state index in [9.17, 15) is 23.8 Å². The van der Waals surface area contributed by atoms with Crippen molar-refractivity contribution in [2.24, 2.45) is 0 Å². The Hall–Kier alpha value is -3.34. The van der Waals surface area contributed by atoms with Gasteiger partial charge in [0.2, 0.25) is 5.95 Å². The molecule has 4 aromatic rings. The van der Waals surface area contributed by atoms with Gasteiger partial charge in [-0.1, -0.05) is 18.2 Å². The van der Waals surface area contributed by atoms with Gasteiger partial charge in [-0.25, -0.2) is 13.8 Å². The van der Waals surface area contributed by atoms with Crippen LogP contribution in [0.5, 0.6) is 0 Å². The van der Waals surface area contributed by atoms with Crippen LogP contribution in [0.2, 0.25) is 0 Å². The van der Waals surface area contributed by atoms with Crippen molar-refractivity contribution in [2.45, 2.75) is 10.9 Å². The lowest BCUT2D eigenvalue weighted by molar-refractivity contribution is 0.203. The molecule has 0 saturated carbocycles. The van der Waals surface area contributed by atoms with E-state index in [-0.39, 0.29) is 11.6 Å². The molecule has 3 N–H and O–H groups in total. The maximum Gasteiger partial charge on any atom is 0.256 e. The number of halogens is 2. The van der Waals surface area contributed by atoms with Crippen LogP contribution in [0.3, 0.4) is 0 Å². The number of benzene rings is 2. The zero-order valence-electron chi connectivity index (χ0n) is 17.5. The highest BCUT2D eigenvalue weighted by atomic mass is 32.2. The first-order valence-corrected chi connectivity index (χ1v) is 11.2. The van der Waals surface area contributed by atoms with Crippen LogP contribution < -0.4 is 10.9 Å². The smallest absolute Gasteiger partial charge is 0.256 e. The van der Waals surface area contributed by atoms with Crippen molar-refractivity contribution in [1.82, 2.24) is 14.5 Å². The molecule has 4 rings (SSSR count). The molecule has 0 spiro atoms. The minimum atomic E-state index is -0.924. The predicted molar refractivity (Wildman–Crippen MR) is 124 cm³/mol. The summed E-state index contributed by atoms with van der Waals surface area (Å²) in [6.07, 6.45) is 1.93. The van der Waals surface area contributed by atoms with E-state index in [0.717, 1.165) is 21.6 Å². The lowest BCUT2D eigenvalue weighted by atomic mass is 10.1. The van der Waals surface area contributed by atoms with Crippen molar-refractivity contribution in [1.29, 1.82) is 0 Å². The third-order valence-corrected chi connectivity index (χ3v) is 5.75. The maximum atomic E-state index is 14.7. The third kappa shape index (κ3) is 4.45. The van der Waals surface area contributed by atoms with Gasteiger partial charge in [-0.05, 0) is 36.6 Å². The van der Waals surface area contributed by atoms with Gasteiger partial charge in [-0.15, -0.1) is 11.8 Å². The van der Waals surface area contributed by atoms with Gasteiger partial charge in [0.1, 0.15) is 17.3 Å². The summed E-state index contributed by atoms with van der Waals surface area (Å²) in [6.45, 7) is -0.808. The van der Waals surface area contributed by atoms with Crippen LogP contribution in [0.4, 0.5) is 14.7 Å². The van der Waals surface area contributed by atoms with Gasteiger partial charge in [0.25, 0.3) is 5.56 Å². The van der Waals surface area contributed by atoms with Crippen LogP contribution >= 0.6 is 11.8 Å². The molecular formula is C23H20F2N4O3S. The van der Waals surface area contributed by atoms with Crippen molar-refractivity contribution >= 4 is 28.7 Å². The van der Waals surface area contributed by atoms with Gasteiger partial charge in [0, 0.05) is 21.9 Å². The van der Waals surface area contributed by atoms with E-state index in [4.69, 9.17) is 0 Å². The van der Waals surface area contributed by atoms with Gasteiger partial charge in [-0.2, -0.15) is 4.98 Å². The number of nitrogens with one attached hydrogen (secondary N) is 1. The quantitative estimate of drug-likeness (QED) is 0.357. The molecule has 0 atom stereocenters. The van der Waals surface area contributed by atoms with E-state index in [2.05, 4.69) is 15.3 Å². The van der Waals surface area contributed by atoms with Crippen molar-refractivity contribution in [2.75, 3.05) is 24.8 Å². The highest BCUT2D eigenvalue weighted by molar-refractivity contribution is 7.98. The summed E-state index contributed by atoms with van der Waals surface area (Å²) in [5.74, 6) is -1.87. The van der Waals surface area contributed by atoms with Crippen LogP contribution in [0, 0.1) is 11.6 Å². The zero-order valence-corrected chi connectivity index (χ0v) is 18.3. The third-order valence-electron chi connectivity index (χ3n) is 5.03. The second kappa shape index (κ2) is 9.65. The minimum absolute atomic E-state index is 0.0174. The van der Waals surface area contributed by atoms with Gasteiger partial charge in [-0.3, -0.25) is 9.36 Å². The highest BCUT2D eigenvalue weighted by Crippen LogP contribution is 2.31. The summed E-state index contributed by atoms with van der Waals surface area (Å²) in [6, 6.07) is 12.7. The van der Waals surface area contributed by atoms with Gasteiger partial charge >= 0.3 is 0 Å². The fourth-order valence-corrected chi connectivity index (χ4v) is 3.88. The highest BCUT2D eigenvalue weighted by Gasteiger charge is 2.20. The second-order valence-electron chi connectivity index (χ2n) is 7.15. The molecule has 0 bridgehead atoms. The number of rotatable bonds is 7. The molecule has 0 unspecified atom stereocenters. The van der Waals surface area contributed by atoms with Crippen molar-refractivity contribution in [3.05, 3.63) is 76.6 Å². The molecule has 0 aliphatic carbocycles. The number of thioether (sulfide) groups is 1. The topological polar surface area (TPSA) is 100 Å². The van der Waals surface area contributed by atoms with Crippen molar-refractivity contribution < 1.29 is 19.0 Å². The number of hydrogen-bond acceptors (Lipinski definition) is 7. The van der Waals surface area contributed by atoms with E-state index >= 15 is 0 Å². The molecule has 0 fully saturated rings. The standard InChI is InChI=1S/C23H20F2N4O3S/c1-33-15-5-2-4-13(10-15)20-16-8-9-19(32)29(21-17(24)6-3-7-18(21)25)22(16)28-23(27-20)26-14(11-30)12-31/h2-10,14,30-31H,11-12H2,1H3,(H,26,27,28). The first-order valence-electron chi connectivity index (χ1n) is 9.97. The molecule has 170 valence electrons. The van der Waals surface area contributed by atoms with Crippen LogP contribution in [-0.2, 0) is 0 Å². The summed E-state index contributed by atoms with van der Waals surface area (Å²) in [7, 11) is 0. The lowest BCUT2D eigenvalue weighted by Crippen LogP contribution is -2.29. The monoisotopic (exact) mass is 470 g/mol. The number of fused-ring (bicyclic) bond motifs is 1. The average molecular weight is 471 g/mol. The van der Waals surface area contributed by atoms with Gasteiger partial charge in [0.05, 0.1) is 24.9 Å². The summed E-state index contributed by atoms with van der Waals surface area (Å²) < 4.78 is 30.2. The number of pyridine rings is 1. The molecule has 7 nitrogen and oxygen atoms in total. The summed E-state index contributed by atoms with van der Waals surface area (Å²) in [5, 5.41) is 22.1. The molecule has 0 saturated heterocycles. The van der Waals surface area contributed by atoms with Crippen LogP contribution in [-0.4, -0.2) is 50.3 Å². The van der Waals surface area contributed by atoms with Crippen molar-refractivity contribution in [3.63, 3.8) is 0 Å². The Kier molecular flexibility index (Phi) is 6.68. The predicted octanol–water partition coefficient (Wildman–Crippen LogP) is 3.21. The number of hydrogen-bond donors (Lipinski definition) is 3. The number of aromatic nitrogens is 3. The number of aliphatic hydroxyl groups excluding tert-OH is 2. The van der Waals surface area contributed by atoms with E-state index < -0.39 is 42.1 Å². The van der Waals surface area contributed by atoms with Gasteiger partial charge in [0.15, 0.2) is 5.65 Å². The molecule has 0 amide bonds. The van der Waals surface area contributed by atoms with Gasteiger partial charge < -0.3 is 15.5 Å². The summed E-state index contributed by atoms with van der Waals surface area (Å²) in [5.41, 5.74) is -0.147. The Labute approximate surface area is 191 Å². The van der Waals surface area contributed by atoms with Crippen LogP contribution in [0.15, 0.2) is 64.3 Å². The second-order valence-corrected chi connectivity index (χ2v) is 8.03. The van der Waals surface area contributed by atoms with E-state index in [1.54, 1.807) is 0 Å². The lowest BCUT2D eigenvalue weighted by Gasteiger charge is -2.17. The van der Waals surface area contributed by atoms with E-state index in [0.29, 0.717) is 16.6 Å². The Bertz CT molecular complexity index is 1360. The largest absolute Gasteiger partial charge is 0.394 e.